The lowest BCUT2D eigenvalue weighted by molar-refractivity contribution is -0.142. The summed E-state index contributed by atoms with van der Waals surface area (Å²) in [7, 11) is 0. The SMILES string of the molecule is CCOC(=O)Cc1csc(NC(=O)C2CCCN(c3ccc(-c4ccccc4C)nn3)C2)n1. The first-order valence-corrected chi connectivity index (χ1v) is 12.0. The van der Waals surface area contributed by atoms with E-state index in [9.17, 15) is 9.59 Å². The molecule has 9 heteroatoms. The summed E-state index contributed by atoms with van der Waals surface area (Å²) in [6, 6.07) is 12.0. The second kappa shape index (κ2) is 10.5. The molecule has 1 saturated heterocycles. The number of benzene rings is 1. The van der Waals surface area contributed by atoms with Gasteiger partial charge in [0, 0.05) is 24.0 Å². The zero-order valence-electron chi connectivity index (χ0n) is 18.8. The number of thiazole rings is 1. The second-order valence-electron chi connectivity index (χ2n) is 7.99. The van der Waals surface area contributed by atoms with Crippen molar-refractivity contribution >= 4 is 34.2 Å². The minimum Gasteiger partial charge on any atom is -0.466 e. The van der Waals surface area contributed by atoms with Gasteiger partial charge in [0.25, 0.3) is 0 Å². The average molecular weight is 466 g/mol. The lowest BCUT2D eigenvalue weighted by Gasteiger charge is -2.32. The number of ether oxygens (including phenoxy) is 1. The molecule has 1 fully saturated rings. The molecule has 0 saturated carbocycles. The van der Waals surface area contributed by atoms with Gasteiger partial charge in [0.05, 0.1) is 30.3 Å². The highest BCUT2D eigenvalue weighted by atomic mass is 32.1. The summed E-state index contributed by atoms with van der Waals surface area (Å²) in [5.41, 5.74) is 3.66. The molecule has 1 aliphatic heterocycles. The molecule has 0 radical (unpaired) electrons. The molecule has 1 aliphatic rings. The molecule has 0 aliphatic carbocycles. The van der Waals surface area contributed by atoms with Crippen LogP contribution in [0.25, 0.3) is 11.3 Å². The quantitative estimate of drug-likeness (QED) is 0.529. The molecule has 1 N–H and O–H groups in total. The van der Waals surface area contributed by atoms with E-state index in [-0.39, 0.29) is 24.2 Å². The van der Waals surface area contributed by atoms with Gasteiger partial charge < -0.3 is 15.0 Å². The number of hydrogen-bond acceptors (Lipinski definition) is 8. The first-order chi connectivity index (χ1) is 16.0. The van der Waals surface area contributed by atoms with Gasteiger partial charge in [-0.2, -0.15) is 0 Å². The monoisotopic (exact) mass is 465 g/mol. The van der Waals surface area contributed by atoms with E-state index >= 15 is 0 Å². The van der Waals surface area contributed by atoms with Crippen molar-refractivity contribution in [3.05, 3.63) is 53.0 Å². The van der Waals surface area contributed by atoms with Gasteiger partial charge >= 0.3 is 5.97 Å². The van der Waals surface area contributed by atoms with Crippen LogP contribution in [0.1, 0.15) is 31.0 Å². The summed E-state index contributed by atoms with van der Waals surface area (Å²) >= 11 is 1.31. The van der Waals surface area contributed by atoms with Crippen LogP contribution in [0.3, 0.4) is 0 Å². The number of anilines is 2. The largest absolute Gasteiger partial charge is 0.466 e. The number of esters is 1. The van der Waals surface area contributed by atoms with Crippen LogP contribution in [0.4, 0.5) is 10.9 Å². The fourth-order valence-electron chi connectivity index (χ4n) is 3.91. The van der Waals surface area contributed by atoms with Crippen LogP contribution in [0.5, 0.6) is 0 Å². The van der Waals surface area contributed by atoms with Crippen molar-refractivity contribution in [1.29, 1.82) is 0 Å². The van der Waals surface area contributed by atoms with Gasteiger partial charge in [-0.15, -0.1) is 21.5 Å². The number of nitrogens with zero attached hydrogens (tertiary/aromatic N) is 4. The predicted molar refractivity (Wildman–Crippen MR) is 128 cm³/mol. The zero-order valence-corrected chi connectivity index (χ0v) is 19.6. The molecule has 4 rings (SSSR count). The highest BCUT2D eigenvalue weighted by molar-refractivity contribution is 7.13. The Balaban J connectivity index is 1.36. The fourth-order valence-corrected chi connectivity index (χ4v) is 4.62. The lowest BCUT2D eigenvalue weighted by Crippen LogP contribution is -2.41. The molecule has 8 nitrogen and oxygen atoms in total. The van der Waals surface area contributed by atoms with Crippen LogP contribution < -0.4 is 10.2 Å². The molecular weight excluding hydrogens is 438 g/mol. The molecule has 3 aromatic rings. The van der Waals surface area contributed by atoms with Gasteiger partial charge in [0.1, 0.15) is 0 Å². The van der Waals surface area contributed by atoms with Crippen LogP contribution in [0.2, 0.25) is 0 Å². The molecule has 2 aromatic heterocycles. The number of piperidine rings is 1. The minimum atomic E-state index is -0.321. The normalized spacial score (nSPS) is 15.8. The van der Waals surface area contributed by atoms with E-state index in [0.29, 0.717) is 24.0 Å². The van der Waals surface area contributed by atoms with E-state index in [4.69, 9.17) is 4.74 Å². The molecule has 1 unspecified atom stereocenters. The third-order valence-corrected chi connectivity index (χ3v) is 6.41. The van der Waals surface area contributed by atoms with Gasteiger partial charge in [-0.1, -0.05) is 24.3 Å². The molecule has 3 heterocycles. The molecule has 1 aromatic carbocycles. The zero-order chi connectivity index (χ0) is 23.2. The number of aromatic nitrogens is 3. The number of aryl methyl sites for hydroxylation is 1. The van der Waals surface area contributed by atoms with Crippen molar-refractivity contribution < 1.29 is 14.3 Å². The van der Waals surface area contributed by atoms with E-state index in [0.717, 1.165) is 42.0 Å². The maximum absolute atomic E-state index is 12.9. The Morgan fingerprint density at radius 2 is 2.06 bits per heavy atom. The number of rotatable bonds is 7. The van der Waals surface area contributed by atoms with Gasteiger partial charge in [-0.05, 0) is 44.4 Å². The standard InChI is InChI=1S/C24H27N5O3S/c1-3-32-22(30)13-18-15-33-24(25-18)26-23(31)17-8-6-12-29(14-17)21-11-10-20(27-28-21)19-9-5-4-7-16(19)2/h4-5,7,9-11,15,17H,3,6,8,12-14H2,1-2H3,(H,25,26,31). The van der Waals surface area contributed by atoms with Crippen LogP contribution in [0.15, 0.2) is 41.8 Å². The van der Waals surface area contributed by atoms with Gasteiger partial charge in [-0.3, -0.25) is 9.59 Å². The topological polar surface area (TPSA) is 97.3 Å². The van der Waals surface area contributed by atoms with Crippen molar-refractivity contribution in [3.8, 4) is 11.3 Å². The maximum Gasteiger partial charge on any atom is 0.311 e. The Hall–Kier alpha value is -3.33. The number of amides is 1. The number of hydrogen-bond donors (Lipinski definition) is 1. The van der Waals surface area contributed by atoms with E-state index in [1.807, 2.05) is 30.3 Å². The second-order valence-corrected chi connectivity index (χ2v) is 8.85. The smallest absolute Gasteiger partial charge is 0.311 e. The molecule has 0 bridgehead atoms. The summed E-state index contributed by atoms with van der Waals surface area (Å²) in [6.45, 7) is 5.57. The summed E-state index contributed by atoms with van der Waals surface area (Å²) in [5, 5.41) is 14.0. The summed E-state index contributed by atoms with van der Waals surface area (Å²) in [4.78, 5) is 30.9. The Bertz CT molecular complexity index is 1120. The summed E-state index contributed by atoms with van der Waals surface area (Å²) in [6.07, 6.45) is 1.80. The Morgan fingerprint density at radius 3 is 2.82 bits per heavy atom. The van der Waals surface area contributed by atoms with E-state index in [1.54, 1.807) is 12.3 Å². The molecule has 0 spiro atoms. The van der Waals surface area contributed by atoms with Crippen LogP contribution in [-0.4, -0.2) is 46.8 Å². The van der Waals surface area contributed by atoms with E-state index < -0.39 is 0 Å². The summed E-state index contributed by atoms with van der Waals surface area (Å²) < 4.78 is 4.95. The average Bonchev–Trinajstić information content (AvgIpc) is 3.26. The molecule has 172 valence electrons. The molecule has 33 heavy (non-hydrogen) atoms. The van der Waals surface area contributed by atoms with Gasteiger partial charge in [0.2, 0.25) is 5.91 Å². The Morgan fingerprint density at radius 1 is 1.21 bits per heavy atom. The Kier molecular flexibility index (Phi) is 7.29. The molecule has 1 atom stereocenters. The number of carbonyl (C=O) groups is 2. The highest BCUT2D eigenvalue weighted by Gasteiger charge is 2.27. The molecular formula is C24H27N5O3S. The van der Waals surface area contributed by atoms with Crippen molar-refractivity contribution in [1.82, 2.24) is 15.2 Å². The highest BCUT2D eigenvalue weighted by Crippen LogP contribution is 2.26. The third kappa shape index (κ3) is 5.73. The maximum atomic E-state index is 12.9. The van der Waals surface area contributed by atoms with Crippen LogP contribution >= 0.6 is 11.3 Å². The van der Waals surface area contributed by atoms with Gasteiger partial charge in [-0.25, -0.2) is 4.98 Å². The van der Waals surface area contributed by atoms with E-state index in [2.05, 4.69) is 38.4 Å². The first kappa shape index (κ1) is 22.8. The first-order valence-electron chi connectivity index (χ1n) is 11.1. The number of carbonyl (C=O) groups excluding carboxylic acids is 2. The number of nitrogens with one attached hydrogen (secondary N) is 1. The van der Waals surface area contributed by atoms with Crippen molar-refractivity contribution in [2.75, 3.05) is 29.9 Å². The molecule has 1 amide bonds. The summed E-state index contributed by atoms with van der Waals surface area (Å²) in [5.74, 6) is 0.212. The van der Waals surface area contributed by atoms with Crippen molar-refractivity contribution in [2.45, 2.75) is 33.1 Å². The fraction of sp³-hybridized carbons (Fsp3) is 0.375. The van der Waals surface area contributed by atoms with E-state index in [1.165, 1.54) is 11.3 Å². The van der Waals surface area contributed by atoms with Crippen molar-refractivity contribution in [2.24, 2.45) is 5.92 Å². The van der Waals surface area contributed by atoms with Crippen LogP contribution in [0, 0.1) is 12.8 Å². The predicted octanol–water partition coefficient (Wildman–Crippen LogP) is 3.87. The Labute approximate surface area is 197 Å². The lowest BCUT2D eigenvalue weighted by atomic mass is 9.97. The van der Waals surface area contributed by atoms with Gasteiger partial charge in [0.15, 0.2) is 10.9 Å². The van der Waals surface area contributed by atoms with Crippen molar-refractivity contribution in [3.63, 3.8) is 0 Å². The minimum absolute atomic E-state index is 0.0683. The van der Waals surface area contributed by atoms with Crippen LogP contribution in [-0.2, 0) is 20.7 Å². The third-order valence-electron chi connectivity index (χ3n) is 5.60.